The molecule has 2 amide bonds. The third-order valence-corrected chi connectivity index (χ3v) is 3.42. The molecule has 21 heavy (non-hydrogen) atoms. The van der Waals surface area contributed by atoms with E-state index in [-0.39, 0.29) is 0 Å². The molecule has 0 radical (unpaired) electrons. The molecule has 1 atom stereocenters. The van der Waals surface area contributed by atoms with E-state index in [0.717, 1.165) is 0 Å². The van der Waals surface area contributed by atoms with Crippen molar-refractivity contribution in [3.05, 3.63) is 22.7 Å². The van der Waals surface area contributed by atoms with Crippen molar-refractivity contribution in [2.45, 2.75) is 26.8 Å². The number of urea groups is 1. The third-order valence-electron chi connectivity index (χ3n) is 2.80. The number of aliphatic carboxylic acids is 1. The molecular formula is C14H19BrN2O4. The van der Waals surface area contributed by atoms with Crippen LogP contribution in [-0.2, 0) is 4.79 Å². The zero-order valence-corrected chi connectivity index (χ0v) is 13.9. The minimum Gasteiger partial charge on any atom is -0.496 e. The Balaban J connectivity index is 2.77. The van der Waals surface area contributed by atoms with Crippen molar-refractivity contribution in [2.75, 3.05) is 12.4 Å². The van der Waals surface area contributed by atoms with Gasteiger partial charge in [-0.3, -0.25) is 0 Å². The molecule has 0 saturated heterocycles. The van der Waals surface area contributed by atoms with Crippen molar-refractivity contribution in [1.29, 1.82) is 0 Å². The Kier molecular flexibility index (Phi) is 5.60. The molecule has 3 N–H and O–H groups in total. The van der Waals surface area contributed by atoms with Crippen molar-refractivity contribution < 1.29 is 19.4 Å². The number of rotatable bonds is 4. The van der Waals surface area contributed by atoms with Crippen LogP contribution in [-0.4, -0.2) is 30.3 Å². The van der Waals surface area contributed by atoms with Gasteiger partial charge in [-0.2, -0.15) is 0 Å². The van der Waals surface area contributed by atoms with Crippen molar-refractivity contribution in [3.8, 4) is 5.75 Å². The van der Waals surface area contributed by atoms with Crippen molar-refractivity contribution in [3.63, 3.8) is 0 Å². The van der Waals surface area contributed by atoms with E-state index in [1.165, 1.54) is 0 Å². The number of benzene rings is 1. The standard InChI is InChI=1S/C14H19BrN2O4/c1-14(2,3)11(12(18)19)17-13(20)16-8-5-6-10(21-4)9(15)7-8/h5-7,11H,1-4H3,(H,18,19)(H2,16,17,20)/t11-/m1/s1. The molecule has 116 valence electrons. The number of nitrogens with one attached hydrogen (secondary N) is 2. The third kappa shape index (κ3) is 4.93. The van der Waals surface area contributed by atoms with Crippen molar-refractivity contribution in [1.82, 2.24) is 5.32 Å². The normalized spacial score (nSPS) is 12.4. The van der Waals surface area contributed by atoms with E-state index < -0.39 is 23.5 Å². The maximum atomic E-state index is 11.9. The molecule has 0 bridgehead atoms. The van der Waals surface area contributed by atoms with Gasteiger partial charge >= 0.3 is 12.0 Å². The first kappa shape index (κ1) is 17.3. The van der Waals surface area contributed by atoms with E-state index >= 15 is 0 Å². The van der Waals surface area contributed by atoms with Crippen LogP contribution in [0.2, 0.25) is 0 Å². The van der Waals surface area contributed by atoms with Gasteiger partial charge in [-0.1, -0.05) is 20.8 Å². The fourth-order valence-electron chi connectivity index (χ4n) is 1.69. The molecule has 0 spiro atoms. The highest BCUT2D eigenvalue weighted by atomic mass is 79.9. The average Bonchev–Trinajstić information content (AvgIpc) is 2.34. The zero-order valence-electron chi connectivity index (χ0n) is 12.4. The van der Waals surface area contributed by atoms with Gasteiger partial charge < -0.3 is 20.5 Å². The predicted molar refractivity (Wildman–Crippen MR) is 83.7 cm³/mol. The number of carbonyl (C=O) groups is 2. The highest BCUT2D eigenvalue weighted by molar-refractivity contribution is 9.10. The molecule has 0 aliphatic heterocycles. The van der Waals surface area contributed by atoms with Gasteiger partial charge in [0.05, 0.1) is 11.6 Å². The van der Waals surface area contributed by atoms with Crippen LogP contribution in [0.5, 0.6) is 5.75 Å². The van der Waals surface area contributed by atoms with Gasteiger partial charge in [-0.15, -0.1) is 0 Å². The molecule has 0 saturated carbocycles. The Labute approximate surface area is 132 Å². The second-order valence-corrected chi connectivity index (χ2v) is 6.44. The summed E-state index contributed by atoms with van der Waals surface area (Å²) in [6.45, 7) is 5.24. The Hall–Kier alpha value is -1.76. The summed E-state index contributed by atoms with van der Waals surface area (Å²) in [5.41, 5.74) is -0.0675. The monoisotopic (exact) mass is 358 g/mol. The molecular weight excluding hydrogens is 340 g/mol. The van der Waals surface area contributed by atoms with E-state index in [1.807, 2.05) is 0 Å². The number of methoxy groups -OCH3 is 1. The molecule has 1 rings (SSSR count). The van der Waals surface area contributed by atoms with E-state index in [4.69, 9.17) is 9.84 Å². The van der Waals surface area contributed by atoms with Crippen molar-refractivity contribution in [2.24, 2.45) is 5.41 Å². The van der Waals surface area contributed by atoms with Gasteiger partial charge in [-0.05, 0) is 39.5 Å². The molecule has 0 aliphatic rings. The maximum Gasteiger partial charge on any atom is 0.326 e. The number of carboxylic acids is 1. The van der Waals surface area contributed by atoms with E-state index in [0.29, 0.717) is 15.9 Å². The Morgan fingerprint density at radius 1 is 1.33 bits per heavy atom. The lowest BCUT2D eigenvalue weighted by molar-refractivity contribution is -0.141. The Bertz CT molecular complexity index is 540. The zero-order chi connectivity index (χ0) is 16.2. The number of hydrogen-bond acceptors (Lipinski definition) is 3. The van der Waals surface area contributed by atoms with Crippen LogP contribution in [0.25, 0.3) is 0 Å². The summed E-state index contributed by atoms with van der Waals surface area (Å²) in [6, 6.07) is 3.47. The van der Waals surface area contributed by atoms with Crippen LogP contribution < -0.4 is 15.4 Å². The van der Waals surface area contributed by atoms with Crippen molar-refractivity contribution >= 4 is 33.6 Å². The predicted octanol–water partition coefficient (Wildman–Crippen LogP) is 3.08. The van der Waals surface area contributed by atoms with Crippen LogP contribution >= 0.6 is 15.9 Å². The highest BCUT2D eigenvalue weighted by Gasteiger charge is 2.32. The number of amides is 2. The summed E-state index contributed by atoms with van der Waals surface area (Å²) < 4.78 is 5.78. The first-order valence-electron chi connectivity index (χ1n) is 6.29. The van der Waals surface area contributed by atoms with Crippen LogP contribution in [0.4, 0.5) is 10.5 Å². The molecule has 1 aromatic carbocycles. The lowest BCUT2D eigenvalue weighted by Gasteiger charge is -2.27. The van der Waals surface area contributed by atoms with Gasteiger partial charge in [0.2, 0.25) is 0 Å². The molecule has 0 unspecified atom stereocenters. The number of carbonyl (C=O) groups excluding carboxylic acids is 1. The van der Waals surface area contributed by atoms with Crippen LogP contribution in [0.15, 0.2) is 22.7 Å². The summed E-state index contributed by atoms with van der Waals surface area (Å²) >= 11 is 3.31. The van der Waals surface area contributed by atoms with E-state index in [2.05, 4.69) is 26.6 Å². The molecule has 0 fully saturated rings. The van der Waals surface area contributed by atoms with Gasteiger partial charge in [0.1, 0.15) is 11.8 Å². The Morgan fingerprint density at radius 2 is 1.95 bits per heavy atom. The fraction of sp³-hybridized carbons (Fsp3) is 0.429. The van der Waals surface area contributed by atoms with Crippen LogP contribution in [0, 0.1) is 5.41 Å². The van der Waals surface area contributed by atoms with Gasteiger partial charge in [0.25, 0.3) is 0 Å². The summed E-state index contributed by atoms with van der Waals surface area (Å²) in [5, 5.41) is 14.2. The van der Waals surface area contributed by atoms with Gasteiger partial charge in [0, 0.05) is 5.69 Å². The average molecular weight is 359 g/mol. The van der Waals surface area contributed by atoms with Gasteiger partial charge in [0.15, 0.2) is 0 Å². The highest BCUT2D eigenvalue weighted by Crippen LogP contribution is 2.27. The summed E-state index contributed by atoms with van der Waals surface area (Å²) in [4.78, 5) is 23.1. The number of hydrogen-bond donors (Lipinski definition) is 3. The summed E-state index contributed by atoms with van der Waals surface area (Å²) in [7, 11) is 1.54. The SMILES string of the molecule is COc1ccc(NC(=O)N[C@H](C(=O)O)C(C)(C)C)cc1Br. The van der Waals surface area contributed by atoms with E-state index in [1.54, 1.807) is 46.1 Å². The molecule has 0 aliphatic carbocycles. The number of ether oxygens (including phenoxy) is 1. The van der Waals surface area contributed by atoms with Crippen LogP contribution in [0.3, 0.4) is 0 Å². The molecule has 6 nitrogen and oxygen atoms in total. The first-order chi connectivity index (χ1) is 9.65. The number of halogens is 1. The lowest BCUT2D eigenvalue weighted by Crippen LogP contribution is -2.50. The quantitative estimate of drug-likeness (QED) is 0.771. The minimum atomic E-state index is -1.08. The number of anilines is 1. The second-order valence-electron chi connectivity index (χ2n) is 5.59. The molecule has 0 aromatic heterocycles. The topological polar surface area (TPSA) is 87.7 Å². The summed E-state index contributed by atoms with van der Waals surface area (Å²) in [6.07, 6.45) is 0. The first-order valence-corrected chi connectivity index (χ1v) is 7.08. The van der Waals surface area contributed by atoms with E-state index in [9.17, 15) is 9.59 Å². The smallest absolute Gasteiger partial charge is 0.326 e. The minimum absolute atomic E-state index is 0.526. The largest absolute Gasteiger partial charge is 0.496 e. The lowest BCUT2D eigenvalue weighted by atomic mass is 9.87. The van der Waals surface area contributed by atoms with Gasteiger partial charge in [-0.25, -0.2) is 9.59 Å². The second kappa shape index (κ2) is 6.80. The Morgan fingerprint density at radius 3 is 2.38 bits per heavy atom. The molecule has 0 heterocycles. The fourth-order valence-corrected chi connectivity index (χ4v) is 2.23. The molecule has 7 heteroatoms. The van der Waals surface area contributed by atoms with Crippen LogP contribution in [0.1, 0.15) is 20.8 Å². The molecule has 1 aromatic rings. The maximum absolute atomic E-state index is 11.9. The number of carboxylic acid groups (broad SMARTS) is 1. The summed E-state index contributed by atoms with van der Waals surface area (Å²) in [5.74, 6) is -0.437.